The van der Waals surface area contributed by atoms with Crippen LogP contribution in [0.15, 0.2) is 48.5 Å². The molecule has 0 amide bonds. The van der Waals surface area contributed by atoms with Crippen molar-refractivity contribution in [1.82, 2.24) is 0 Å². The predicted molar refractivity (Wildman–Crippen MR) is 67.7 cm³/mol. The molecule has 0 N–H and O–H groups in total. The van der Waals surface area contributed by atoms with Gasteiger partial charge in [-0.1, -0.05) is 0 Å². The molecule has 15 heavy (non-hydrogen) atoms. The second-order valence-electron chi connectivity index (χ2n) is 3.38. The molecule has 0 saturated carbocycles. The van der Waals surface area contributed by atoms with Crippen LogP contribution in [0.3, 0.4) is 0 Å². The second-order valence-corrected chi connectivity index (χ2v) is 6.22. The Hall–Kier alpha value is -0.751. The molecule has 0 fully saturated rings. The summed E-state index contributed by atoms with van der Waals surface area (Å²) in [5.41, 5.74) is 1.23. The van der Waals surface area contributed by atoms with Gasteiger partial charge >= 0.3 is 102 Å². The van der Waals surface area contributed by atoms with Gasteiger partial charge in [-0.05, 0) is 0 Å². The quantitative estimate of drug-likeness (QED) is 0.741. The zero-order valence-electron chi connectivity index (χ0n) is 8.41. The molecule has 0 aliphatic carbocycles. The fourth-order valence-electron chi connectivity index (χ4n) is 1.39. The first-order valence-electron chi connectivity index (χ1n) is 4.74. The van der Waals surface area contributed by atoms with Gasteiger partial charge < -0.3 is 0 Å². The van der Waals surface area contributed by atoms with Crippen molar-refractivity contribution >= 4 is 35.5 Å². The summed E-state index contributed by atoms with van der Waals surface area (Å²) < 4.78 is 2.71. The van der Waals surface area contributed by atoms with Crippen molar-refractivity contribution in [2.45, 2.75) is 6.92 Å². The van der Waals surface area contributed by atoms with Crippen LogP contribution in [0.4, 0.5) is 0 Å². The molecule has 0 aromatic heterocycles. The van der Waals surface area contributed by atoms with Crippen LogP contribution in [-0.2, 0) is 0 Å². The summed E-state index contributed by atoms with van der Waals surface area (Å²) in [5.74, 6) is 0. The van der Waals surface area contributed by atoms with Crippen molar-refractivity contribution in [3.05, 3.63) is 59.1 Å². The minimum atomic E-state index is 0.358. The number of benzene rings is 2. The van der Waals surface area contributed by atoms with Crippen LogP contribution in [0.2, 0.25) is 5.02 Å². The fraction of sp³-hybridized carbons (Fsp3) is 0.0769. The van der Waals surface area contributed by atoms with Crippen LogP contribution in [0.25, 0.3) is 0 Å². The maximum atomic E-state index is 6.03. The summed E-state index contributed by atoms with van der Waals surface area (Å²) in [4.78, 5) is 0. The van der Waals surface area contributed by atoms with Gasteiger partial charge in [0.05, 0.1) is 0 Å². The van der Waals surface area contributed by atoms with Crippen LogP contribution in [-0.4, -0.2) is 15.0 Å². The van der Waals surface area contributed by atoms with Gasteiger partial charge in [-0.2, -0.15) is 0 Å². The third-order valence-corrected chi connectivity index (χ3v) is 4.27. The molecule has 2 aromatic rings. The molecule has 0 aliphatic rings. The van der Waals surface area contributed by atoms with Crippen LogP contribution in [0.1, 0.15) is 5.56 Å². The molecule has 0 bridgehead atoms. The molecule has 0 spiro atoms. The van der Waals surface area contributed by atoms with E-state index in [1.165, 1.54) is 14.5 Å². The van der Waals surface area contributed by atoms with Crippen LogP contribution in [0, 0.1) is 6.92 Å². The van der Waals surface area contributed by atoms with Gasteiger partial charge in [0.25, 0.3) is 0 Å². The Labute approximate surface area is 101 Å². The Kier molecular flexibility index (Phi) is 3.48. The van der Waals surface area contributed by atoms with Crippen molar-refractivity contribution in [1.29, 1.82) is 0 Å². The molecule has 0 heterocycles. The molecule has 76 valence electrons. The van der Waals surface area contributed by atoms with Crippen LogP contribution < -0.4 is 8.92 Å². The van der Waals surface area contributed by atoms with Gasteiger partial charge in [0.1, 0.15) is 0 Å². The summed E-state index contributed by atoms with van der Waals surface area (Å²) >= 11 is 6.38. The van der Waals surface area contributed by atoms with Gasteiger partial charge in [0.15, 0.2) is 0 Å². The van der Waals surface area contributed by atoms with Crippen molar-refractivity contribution in [2.75, 3.05) is 0 Å². The van der Waals surface area contributed by atoms with E-state index in [1.807, 2.05) is 12.1 Å². The van der Waals surface area contributed by atoms with E-state index in [9.17, 15) is 0 Å². The standard InChI is InChI=1S/C13H11ClSe/c1-10-7-11(14)9-13(8-10)15-12-5-3-2-4-6-12/h2-9H,1H3. The van der Waals surface area contributed by atoms with E-state index in [0.29, 0.717) is 15.0 Å². The summed E-state index contributed by atoms with van der Waals surface area (Å²) in [6, 6.07) is 16.8. The van der Waals surface area contributed by atoms with E-state index in [0.717, 1.165) is 5.02 Å². The summed E-state index contributed by atoms with van der Waals surface area (Å²) in [6.07, 6.45) is 0. The second kappa shape index (κ2) is 4.85. The minimum absolute atomic E-state index is 0.358. The van der Waals surface area contributed by atoms with Crippen molar-refractivity contribution < 1.29 is 0 Å². The molecule has 0 nitrogen and oxygen atoms in total. The van der Waals surface area contributed by atoms with E-state index >= 15 is 0 Å². The number of hydrogen-bond acceptors (Lipinski definition) is 0. The van der Waals surface area contributed by atoms with Gasteiger partial charge in [0, 0.05) is 0 Å². The zero-order chi connectivity index (χ0) is 10.7. The Morgan fingerprint density at radius 2 is 1.67 bits per heavy atom. The molecule has 2 aromatic carbocycles. The third-order valence-electron chi connectivity index (χ3n) is 1.99. The van der Waals surface area contributed by atoms with Gasteiger partial charge in [-0.3, -0.25) is 0 Å². The average molecular weight is 282 g/mol. The van der Waals surface area contributed by atoms with Gasteiger partial charge in [0.2, 0.25) is 0 Å². The zero-order valence-corrected chi connectivity index (χ0v) is 10.9. The predicted octanol–water partition coefficient (Wildman–Crippen LogP) is 2.30. The molecular formula is C13H11ClSe. The summed E-state index contributed by atoms with van der Waals surface area (Å²) in [7, 11) is 0. The SMILES string of the molecule is Cc1cc(Cl)cc([Se]c2ccccc2)c1. The van der Waals surface area contributed by atoms with E-state index in [-0.39, 0.29) is 0 Å². The van der Waals surface area contributed by atoms with Crippen molar-refractivity contribution in [3.8, 4) is 0 Å². The molecule has 2 heteroatoms. The molecule has 0 radical (unpaired) electrons. The van der Waals surface area contributed by atoms with E-state index < -0.39 is 0 Å². The van der Waals surface area contributed by atoms with Gasteiger partial charge in [-0.15, -0.1) is 0 Å². The number of aryl methyl sites for hydroxylation is 1. The van der Waals surface area contributed by atoms with Crippen LogP contribution >= 0.6 is 11.6 Å². The Bertz CT molecular complexity index is 431. The Balaban J connectivity index is 2.25. The maximum absolute atomic E-state index is 6.03. The number of rotatable bonds is 2. The Morgan fingerprint density at radius 3 is 2.33 bits per heavy atom. The van der Waals surface area contributed by atoms with Crippen molar-refractivity contribution in [3.63, 3.8) is 0 Å². The monoisotopic (exact) mass is 282 g/mol. The van der Waals surface area contributed by atoms with Crippen molar-refractivity contribution in [2.24, 2.45) is 0 Å². The molecule has 0 aliphatic heterocycles. The fourth-order valence-corrected chi connectivity index (χ4v) is 3.91. The van der Waals surface area contributed by atoms with E-state index in [1.54, 1.807) is 0 Å². The molecule has 0 unspecified atom stereocenters. The molecule has 0 atom stereocenters. The average Bonchev–Trinajstić information content (AvgIpc) is 2.17. The normalized spacial score (nSPS) is 10.3. The Morgan fingerprint density at radius 1 is 0.933 bits per heavy atom. The third kappa shape index (κ3) is 3.10. The first-order chi connectivity index (χ1) is 7.24. The molecule has 2 rings (SSSR count). The first-order valence-corrected chi connectivity index (χ1v) is 6.83. The topological polar surface area (TPSA) is 0 Å². The molecular weight excluding hydrogens is 271 g/mol. The summed E-state index contributed by atoms with van der Waals surface area (Å²) in [5, 5.41) is 0.836. The molecule has 0 saturated heterocycles. The summed E-state index contributed by atoms with van der Waals surface area (Å²) in [6.45, 7) is 2.08. The number of halogens is 1. The van der Waals surface area contributed by atoms with Gasteiger partial charge in [-0.25, -0.2) is 0 Å². The van der Waals surface area contributed by atoms with Crippen LogP contribution in [0.5, 0.6) is 0 Å². The van der Waals surface area contributed by atoms with E-state index in [2.05, 4.69) is 43.3 Å². The first kappa shape index (κ1) is 10.8. The van der Waals surface area contributed by atoms with E-state index in [4.69, 9.17) is 11.6 Å². The number of hydrogen-bond donors (Lipinski definition) is 0.